The van der Waals surface area contributed by atoms with E-state index in [2.05, 4.69) is 47.0 Å². The van der Waals surface area contributed by atoms with Gasteiger partial charge in [0.1, 0.15) is 0 Å². The molecule has 0 radical (unpaired) electrons. The third-order valence-corrected chi connectivity index (χ3v) is 4.67. The zero-order chi connectivity index (χ0) is 15.1. The molecule has 0 amide bonds. The molecule has 2 N–H and O–H groups in total. The van der Waals surface area contributed by atoms with Gasteiger partial charge in [0.15, 0.2) is 0 Å². The van der Waals surface area contributed by atoms with Crippen molar-refractivity contribution in [2.75, 3.05) is 25.1 Å². The molecular formula is C17H24INO2. The molecular weight excluding hydrogens is 377 g/mol. The van der Waals surface area contributed by atoms with E-state index in [0.717, 1.165) is 25.1 Å². The van der Waals surface area contributed by atoms with Crippen molar-refractivity contribution >= 4 is 28.3 Å². The van der Waals surface area contributed by atoms with Crippen LogP contribution in [0.25, 0.3) is 0 Å². The van der Waals surface area contributed by atoms with Crippen LogP contribution in [0.1, 0.15) is 19.8 Å². The molecule has 0 fully saturated rings. The molecule has 21 heavy (non-hydrogen) atoms. The normalized spacial score (nSPS) is 23.0. The summed E-state index contributed by atoms with van der Waals surface area (Å²) >= 11 is 2.28. The first-order valence-electron chi connectivity index (χ1n) is 7.55. The summed E-state index contributed by atoms with van der Waals surface area (Å²) in [6.07, 6.45) is 6.26. The van der Waals surface area contributed by atoms with Crippen LogP contribution in [0.5, 0.6) is 0 Å². The van der Waals surface area contributed by atoms with Gasteiger partial charge in [-0.3, -0.25) is 0 Å². The molecule has 0 saturated heterocycles. The minimum atomic E-state index is -0.473. The Balaban J connectivity index is 1.62. The number of nitrogens with one attached hydrogen (secondary N) is 1. The zero-order valence-corrected chi connectivity index (χ0v) is 14.6. The molecule has 0 aliphatic heterocycles. The maximum Gasteiger partial charge on any atom is 0.0945 e. The van der Waals surface area contributed by atoms with Crippen molar-refractivity contribution < 1.29 is 9.84 Å². The average molecular weight is 401 g/mol. The molecule has 3 unspecified atom stereocenters. The molecule has 0 heterocycles. The van der Waals surface area contributed by atoms with Gasteiger partial charge >= 0.3 is 0 Å². The van der Waals surface area contributed by atoms with E-state index in [9.17, 15) is 5.11 Å². The van der Waals surface area contributed by atoms with Crippen molar-refractivity contribution in [1.82, 2.24) is 0 Å². The van der Waals surface area contributed by atoms with Crippen molar-refractivity contribution in [2.45, 2.75) is 25.9 Å². The summed E-state index contributed by atoms with van der Waals surface area (Å²) in [5.41, 5.74) is 1.03. The van der Waals surface area contributed by atoms with E-state index in [1.54, 1.807) is 0 Å². The first-order valence-corrected chi connectivity index (χ1v) is 8.63. The third kappa shape index (κ3) is 5.96. The molecule has 0 saturated carbocycles. The Morgan fingerprint density at radius 2 is 2.00 bits per heavy atom. The highest BCUT2D eigenvalue weighted by Crippen LogP contribution is 2.25. The molecule has 1 aliphatic rings. The van der Waals surface area contributed by atoms with Gasteiger partial charge in [-0.15, -0.1) is 0 Å². The monoisotopic (exact) mass is 401 g/mol. The molecule has 1 aromatic rings. The second kappa shape index (κ2) is 8.76. The number of hydrogen-bond donors (Lipinski definition) is 2. The number of rotatable bonds is 7. The highest BCUT2D eigenvalue weighted by atomic mass is 127. The second-order valence-corrected chi connectivity index (χ2v) is 7.00. The van der Waals surface area contributed by atoms with Gasteiger partial charge in [0.2, 0.25) is 0 Å². The van der Waals surface area contributed by atoms with Crippen molar-refractivity contribution in [3.05, 3.63) is 40.0 Å². The lowest BCUT2D eigenvalue weighted by atomic mass is 9.85. The number of allylic oxidation sites excluding steroid dienone is 2. The van der Waals surface area contributed by atoms with Crippen LogP contribution in [0.15, 0.2) is 36.4 Å². The lowest BCUT2D eigenvalue weighted by Gasteiger charge is -2.25. The molecule has 116 valence electrons. The van der Waals surface area contributed by atoms with E-state index in [1.165, 1.54) is 3.57 Å². The van der Waals surface area contributed by atoms with Crippen LogP contribution in [0.3, 0.4) is 0 Å². The van der Waals surface area contributed by atoms with Crippen LogP contribution in [0.4, 0.5) is 5.69 Å². The average Bonchev–Trinajstić information content (AvgIpc) is 2.49. The lowest BCUT2D eigenvalue weighted by Crippen LogP contribution is -2.27. The molecule has 0 spiro atoms. The summed E-state index contributed by atoms with van der Waals surface area (Å²) in [6, 6.07) is 8.13. The highest BCUT2D eigenvalue weighted by Gasteiger charge is 2.18. The van der Waals surface area contributed by atoms with Crippen molar-refractivity contribution in [2.24, 2.45) is 11.8 Å². The van der Waals surface area contributed by atoms with Gasteiger partial charge in [-0.05, 0) is 71.5 Å². The summed E-state index contributed by atoms with van der Waals surface area (Å²) in [7, 11) is 0. The van der Waals surface area contributed by atoms with Crippen molar-refractivity contribution in [1.29, 1.82) is 0 Å². The Bertz CT molecular complexity index is 447. The fourth-order valence-electron chi connectivity index (χ4n) is 2.46. The first kappa shape index (κ1) is 16.8. The van der Waals surface area contributed by atoms with E-state index >= 15 is 0 Å². The predicted octanol–water partition coefficient (Wildman–Crippen LogP) is 3.68. The Morgan fingerprint density at radius 3 is 2.71 bits per heavy atom. The topological polar surface area (TPSA) is 41.5 Å². The standard InChI is InChI=1S/C17H24INO2/c1-13-4-2-3-5-14(13)11-21-12-17(20)10-19-16-8-6-15(18)7-9-16/h2-3,6-9,13-14,17,19-20H,4-5,10-12H2,1H3. The van der Waals surface area contributed by atoms with Gasteiger partial charge in [-0.25, -0.2) is 0 Å². The molecule has 2 rings (SSSR count). The van der Waals surface area contributed by atoms with Gasteiger partial charge in [-0.2, -0.15) is 0 Å². The molecule has 1 aromatic carbocycles. The fourth-order valence-corrected chi connectivity index (χ4v) is 2.82. The van der Waals surface area contributed by atoms with Crippen LogP contribution < -0.4 is 5.32 Å². The number of hydrogen-bond acceptors (Lipinski definition) is 3. The maximum absolute atomic E-state index is 9.96. The van der Waals surface area contributed by atoms with Gasteiger partial charge in [0.05, 0.1) is 19.3 Å². The maximum atomic E-state index is 9.96. The number of halogens is 1. The number of aliphatic hydroxyl groups is 1. The van der Waals surface area contributed by atoms with Crippen LogP contribution in [-0.2, 0) is 4.74 Å². The van der Waals surface area contributed by atoms with Crippen LogP contribution in [0, 0.1) is 15.4 Å². The molecule has 3 atom stereocenters. The van der Waals surface area contributed by atoms with E-state index in [4.69, 9.17) is 4.74 Å². The van der Waals surface area contributed by atoms with Gasteiger partial charge < -0.3 is 15.2 Å². The summed E-state index contributed by atoms with van der Waals surface area (Å²) < 4.78 is 6.89. The van der Waals surface area contributed by atoms with Crippen LogP contribution >= 0.6 is 22.6 Å². The van der Waals surface area contributed by atoms with Crippen molar-refractivity contribution in [3.8, 4) is 0 Å². The summed E-state index contributed by atoms with van der Waals surface area (Å²) in [4.78, 5) is 0. The summed E-state index contributed by atoms with van der Waals surface area (Å²) in [5.74, 6) is 1.27. The minimum Gasteiger partial charge on any atom is -0.389 e. The van der Waals surface area contributed by atoms with E-state index in [-0.39, 0.29) is 0 Å². The third-order valence-electron chi connectivity index (χ3n) is 3.95. The van der Waals surface area contributed by atoms with E-state index in [0.29, 0.717) is 25.0 Å². The Morgan fingerprint density at radius 1 is 1.29 bits per heavy atom. The quantitative estimate of drug-likeness (QED) is 0.541. The number of aliphatic hydroxyl groups excluding tert-OH is 1. The number of anilines is 1. The minimum absolute atomic E-state index is 0.393. The van der Waals surface area contributed by atoms with Gasteiger partial charge in [-0.1, -0.05) is 19.1 Å². The Kier molecular flexibility index (Phi) is 6.99. The lowest BCUT2D eigenvalue weighted by molar-refractivity contribution is 0.0175. The summed E-state index contributed by atoms with van der Waals surface area (Å²) in [6.45, 7) is 3.92. The second-order valence-electron chi connectivity index (χ2n) is 5.76. The molecule has 0 bridgehead atoms. The van der Waals surface area contributed by atoms with Crippen LogP contribution in [0.2, 0.25) is 0 Å². The smallest absolute Gasteiger partial charge is 0.0945 e. The predicted molar refractivity (Wildman–Crippen MR) is 95.5 cm³/mol. The fraction of sp³-hybridized carbons (Fsp3) is 0.529. The van der Waals surface area contributed by atoms with Crippen LogP contribution in [-0.4, -0.2) is 31.0 Å². The SMILES string of the molecule is CC1CC=CCC1COCC(O)CNc1ccc(I)cc1. The molecule has 3 nitrogen and oxygen atoms in total. The van der Waals surface area contributed by atoms with E-state index < -0.39 is 6.10 Å². The highest BCUT2D eigenvalue weighted by molar-refractivity contribution is 14.1. The molecule has 4 heteroatoms. The first-order chi connectivity index (χ1) is 10.1. The zero-order valence-electron chi connectivity index (χ0n) is 12.5. The summed E-state index contributed by atoms with van der Waals surface area (Å²) in [5, 5.41) is 13.2. The molecule has 0 aromatic heterocycles. The Labute approximate surface area is 140 Å². The number of benzene rings is 1. The molecule has 1 aliphatic carbocycles. The largest absolute Gasteiger partial charge is 0.389 e. The Hall–Kier alpha value is -0.590. The van der Waals surface area contributed by atoms with Gasteiger partial charge in [0, 0.05) is 15.8 Å². The van der Waals surface area contributed by atoms with Gasteiger partial charge in [0.25, 0.3) is 0 Å². The number of ether oxygens (including phenoxy) is 1. The van der Waals surface area contributed by atoms with E-state index in [1.807, 2.05) is 24.3 Å². The van der Waals surface area contributed by atoms with Crippen molar-refractivity contribution in [3.63, 3.8) is 0 Å².